The van der Waals surface area contributed by atoms with Crippen LogP contribution in [0.15, 0.2) is 29.4 Å². The van der Waals surface area contributed by atoms with Crippen molar-refractivity contribution in [1.82, 2.24) is 9.97 Å². The molecule has 2 heterocycles. The Morgan fingerprint density at radius 3 is 2.59 bits per heavy atom. The number of rotatable bonds is 6. The molecule has 0 aliphatic carbocycles. The molecular formula is C22H24F4N8. The van der Waals surface area contributed by atoms with Crippen molar-refractivity contribution in [2.45, 2.75) is 25.1 Å². The molecule has 0 radical (unpaired) electrons. The molecule has 0 unspecified atom stereocenters. The minimum Gasteiger partial charge on any atom is -0.404 e. The molecule has 1 aromatic carbocycles. The summed E-state index contributed by atoms with van der Waals surface area (Å²) in [7, 11) is 1.59. The number of aliphatic imine (C=N–C) groups is 1. The van der Waals surface area contributed by atoms with Crippen molar-refractivity contribution in [3.05, 3.63) is 41.3 Å². The third-order valence-corrected chi connectivity index (χ3v) is 5.29. The summed E-state index contributed by atoms with van der Waals surface area (Å²) >= 11 is 0. The van der Waals surface area contributed by atoms with Crippen molar-refractivity contribution in [2.24, 2.45) is 16.5 Å². The minimum absolute atomic E-state index is 0.0722. The first-order chi connectivity index (χ1) is 16.2. The highest BCUT2D eigenvalue weighted by Crippen LogP contribution is 2.34. The minimum atomic E-state index is -4.49. The summed E-state index contributed by atoms with van der Waals surface area (Å²) in [6.07, 6.45) is -0.951. The Kier molecular flexibility index (Phi) is 7.68. The largest absolute Gasteiger partial charge is 0.407 e. The van der Waals surface area contributed by atoms with Crippen LogP contribution in [0.5, 0.6) is 0 Å². The van der Waals surface area contributed by atoms with Gasteiger partial charge >= 0.3 is 6.18 Å². The predicted molar refractivity (Wildman–Crippen MR) is 123 cm³/mol. The molecule has 1 saturated heterocycles. The monoisotopic (exact) mass is 476 g/mol. The van der Waals surface area contributed by atoms with E-state index in [2.05, 4.69) is 20.3 Å². The molecule has 0 bridgehead atoms. The summed E-state index contributed by atoms with van der Waals surface area (Å²) in [5.41, 5.74) is 12.5. The second-order valence-corrected chi connectivity index (χ2v) is 7.68. The van der Waals surface area contributed by atoms with E-state index in [0.717, 1.165) is 31.3 Å². The summed E-state index contributed by atoms with van der Waals surface area (Å²) in [6, 6.07) is 5.77. The van der Waals surface area contributed by atoms with E-state index < -0.39 is 18.5 Å². The molecule has 0 saturated carbocycles. The van der Waals surface area contributed by atoms with Gasteiger partial charge in [0.05, 0.1) is 16.8 Å². The van der Waals surface area contributed by atoms with Gasteiger partial charge in [0, 0.05) is 49.7 Å². The Balaban J connectivity index is 2.18. The van der Waals surface area contributed by atoms with E-state index in [0.29, 0.717) is 24.6 Å². The third-order valence-electron chi connectivity index (χ3n) is 5.29. The molecule has 1 aromatic heterocycles. The predicted octanol–water partition coefficient (Wildman–Crippen LogP) is 3.06. The topological polar surface area (TPSA) is 129 Å². The van der Waals surface area contributed by atoms with Crippen LogP contribution in [0.1, 0.15) is 24.0 Å². The van der Waals surface area contributed by atoms with Gasteiger partial charge in [0.15, 0.2) is 0 Å². The van der Waals surface area contributed by atoms with Crippen LogP contribution in [0, 0.1) is 17.1 Å². The number of nitriles is 1. The molecule has 8 nitrogen and oxygen atoms in total. The molecular weight excluding hydrogens is 452 g/mol. The van der Waals surface area contributed by atoms with Gasteiger partial charge in [-0.1, -0.05) is 6.07 Å². The number of benzene rings is 1. The van der Waals surface area contributed by atoms with Crippen LogP contribution in [0.25, 0.3) is 16.8 Å². The van der Waals surface area contributed by atoms with E-state index in [1.807, 2.05) is 4.90 Å². The lowest BCUT2D eigenvalue weighted by Gasteiger charge is -2.31. The fourth-order valence-corrected chi connectivity index (χ4v) is 3.54. The van der Waals surface area contributed by atoms with Crippen molar-refractivity contribution in [3.8, 4) is 17.3 Å². The summed E-state index contributed by atoms with van der Waals surface area (Å²) in [4.78, 5) is 14.5. The Bertz CT molecular complexity index is 1130. The van der Waals surface area contributed by atoms with Gasteiger partial charge in [-0.2, -0.15) is 23.4 Å². The zero-order valence-corrected chi connectivity index (χ0v) is 18.4. The Morgan fingerprint density at radius 2 is 2.03 bits per heavy atom. The highest BCUT2D eigenvalue weighted by atomic mass is 19.4. The lowest BCUT2D eigenvalue weighted by Crippen LogP contribution is -2.40. The van der Waals surface area contributed by atoms with E-state index >= 15 is 0 Å². The van der Waals surface area contributed by atoms with Crippen LogP contribution in [0.2, 0.25) is 0 Å². The van der Waals surface area contributed by atoms with Gasteiger partial charge < -0.3 is 21.7 Å². The molecule has 34 heavy (non-hydrogen) atoms. The number of alkyl halides is 3. The number of hydrogen-bond donors (Lipinski definition) is 3. The summed E-state index contributed by atoms with van der Waals surface area (Å²) in [6.45, 7) is -0.179. The fourth-order valence-electron chi connectivity index (χ4n) is 3.54. The molecule has 0 amide bonds. The normalized spacial score (nSPS) is 15.6. The number of anilines is 2. The van der Waals surface area contributed by atoms with E-state index in [1.54, 1.807) is 13.1 Å². The number of nitrogens with zero attached hydrogens (tertiary/aromatic N) is 5. The van der Waals surface area contributed by atoms with Crippen molar-refractivity contribution >= 4 is 23.6 Å². The third kappa shape index (κ3) is 5.79. The first-order valence-electron chi connectivity index (χ1n) is 10.5. The molecule has 0 spiro atoms. The van der Waals surface area contributed by atoms with Gasteiger partial charge in [0.25, 0.3) is 0 Å². The molecule has 2 aromatic rings. The summed E-state index contributed by atoms with van der Waals surface area (Å²) in [5.74, 6) is -0.136. The lowest BCUT2D eigenvalue weighted by molar-refractivity contribution is -0.118. The van der Waals surface area contributed by atoms with Crippen molar-refractivity contribution < 1.29 is 17.6 Å². The van der Waals surface area contributed by atoms with E-state index in [4.69, 9.17) is 16.7 Å². The second-order valence-electron chi connectivity index (χ2n) is 7.68. The molecule has 1 aliphatic rings. The lowest BCUT2D eigenvalue weighted by atomic mass is 9.99. The average molecular weight is 476 g/mol. The number of nitrogens with one attached hydrogen (secondary N) is 1. The number of allylic oxidation sites excluding steroid dienone is 1. The van der Waals surface area contributed by atoms with E-state index in [-0.39, 0.29) is 34.3 Å². The van der Waals surface area contributed by atoms with Crippen LogP contribution < -0.4 is 21.7 Å². The molecule has 3 rings (SSSR count). The quantitative estimate of drug-likeness (QED) is 0.432. The zero-order valence-electron chi connectivity index (χ0n) is 18.4. The highest BCUT2D eigenvalue weighted by Gasteiger charge is 2.27. The van der Waals surface area contributed by atoms with Crippen LogP contribution in [0.4, 0.5) is 29.3 Å². The van der Waals surface area contributed by atoms with Gasteiger partial charge in [-0.3, -0.25) is 4.99 Å². The van der Waals surface area contributed by atoms with Crippen molar-refractivity contribution in [2.75, 3.05) is 36.9 Å². The maximum absolute atomic E-state index is 14.5. The standard InChI is InChI=1S/C22H24F4N8/c1-30-20-18(15(10-28)11-31-12-22(24,25)26)19(13-2-3-14(9-27)17(23)8-13)32-21(33-20)34-6-4-16(29)5-7-34/h2-3,8,10-11,16H,4-7,12,28-29H2,1H3,(H,30,32,33). The van der Waals surface area contributed by atoms with Gasteiger partial charge in [-0.05, 0) is 25.0 Å². The number of hydrogen-bond acceptors (Lipinski definition) is 8. The van der Waals surface area contributed by atoms with Crippen molar-refractivity contribution in [1.29, 1.82) is 5.26 Å². The number of nitrogens with two attached hydrogens (primary N) is 2. The fraction of sp³-hybridized carbons (Fsp3) is 0.364. The smallest absolute Gasteiger partial charge is 0.404 e. The van der Waals surface area contributed by atoms with E-state index in [9.17, 15) is 17.6 Å². The van der Waals surface area contributed by atoms with E-state index in [1.165, 1.54) is 12.1 Å². The number of piperidine rings is 1. The Morgan fingerprint density at radius 1 is 1.32 bits per heavy atom. The first-order valence-corrected chi connectivity index (χ1v) is 10.5. The molecule has 12 heteroatoms. The Hall–Kier alpha value is -3.72. The van der Waals surface area contributed by atoms with Crippen molar-refractivity contribution in [3.63, 3.8) is 0 Å². The van der Waals surface area contributed by atoms with Gasteiger partial charge in [-0.15, -0.1) is 0 Å². The van der Waals surface area contributed by atoms with Crippen LogP contribution >= 0.6 is 0 Å². The SMILES string of the molecule is CNc1nc(N2CCC(N)CC2)nc(-c2ccc(C#N)c(F)c2)c1C(C=NCC(F)(F)F)=CN. The number of aromatic nitrogens is 2. The second kappa shape index (κ2) is 10.5. The van der Waals surface area contributed by atoms with Gasteiger partial charge in [0.2, 0.25) is 5.95 Å². The maximum atomic E-state index is 14.5. The Labute approximate surface area is 194 Å². The highest BCUT2D eigenvalue weighted by molar-refractivity contribution is 6.14. The van der Waals surface area contributed by atoms with Gasteiger partial charge in [0.1, 0.15) is 24.2 Å². The number of halogens is 4. The molecule has 1 aliphatic heterocycles. The maximum Gasteiger partial charge on any atom is 0.407 e. The van der Waals surface area contributed by atoms with Crippen LogP contribution in [-0.4, -0.2) is 55.1 Å². The molecule has 1 fully saturated rings. The molecule has 0 atom stereocenters. The first kappa shape index (κ1) is 24.9. The van der Waals surface area contributed by atoms with Crippen LogP contribution in [0.3, 0.4) is 0 Å². The van der Waals surface area contributed by atoms with Crippen LogP contribution in [-0.2, 0) is 0 Å². The summed E-state index contributed by atoms with van der Waals surface area (Å²) < 4.78 is 52.3. The van der Waals surface area contributed by atoms with Gasteiger partial charge in [-0.25, -0.2) is 9.37 Å². The summed E-state index contributed by atoms with van der Waals surface area (Å²) in [5, 5.41) is 12.0. The zero-order chi connectivity index (χ0) is 24.9. The molecule has 180 valence electrons. The molecule has 5 N–H and O–H groups in total. The average Bonchev–Trinajstić information content (AvgIpc) is 2.81.